The molecule has 1 heterocycles. The molecule has 2 unspecified atom stereocenters. The van der Waals surface area contributed by atoms with Crippen molar-refractivity contribution in [1.29, 1.82) is 0 Å². The summed E-state index contributed by atoms with van der Waals surface area (Å²) in [7, 11) is 0. The van der Waals surface area contributed by atoms with Crippen LogP contribution in [0.5, 0.6) is 0 Å². The highest BCUT2D eigenvalue weighted by Gasteiger charge is 2.41. The Bertz CT molecular complexity index is 380. The van der Waals surface area contributed by atoms with Gasteiger partial charge in [-0.25, -0.2) is 0 Å². The molecule has 4 nitrogen and oxygen atoms in total. The number of nitrogens with one attached hydrogen (secondary N) is 1. The fourth-order valence-electron chi connectivity index (χ4n) is 2.42. The van der Waals surface area contributed by atoms with E-state index >= 15 is 0 Å². The first-order valence-corrected chi connectivity index (χ1v) is 7.22. The van der Waals surface area contributed by atoms with Crippen molar-refractivity contribution in [3.05, 3.63) is 11.1 Å². The van der Waals surface area contributed by atoms with E-state index in [1.165, 1.54) is 5.54 Å². The number of rotatable bonds is 5. The molecule has 108 valence electrons. The third kappa shape index (κ3) is 3.72. The van der Waals surface area contributed by atoms with Crippen LogP contribution >= 0.6 is 11.6 Å². The summed E-state index contributed by atoms with van der Waals surface area (Å²) in [5.41, 5.74) is 2.34. The monoisotopic (exact) mass is 286 g/mol. The van der Waals surface area contributed by atoms with Crippen LogP contribution in [0.3, 0.4) is 0 Å². The highest BCUT2D eigenvalue weighted by molar-refractivity contribution is 6.25. The Morgan fingerprint density at radius 3 is 2.58 bits per heavy atom. The van der Waals surface area contributed by atoms with Crippen LogP contribution in [0.15, 0.2) is 11.1 Å². The largest absolute Gasteiger partial charge is 0.342 e. The van der Waals surface area contributed by atoms with Gasteiger partial charge in [-0.3, -0.25) is 9.59 Å². The summed E-state index contributed by atoms with van der Waals surface area (Å²) >= 11 is 5.68. The molecule has 1 fully saturated rings. The summed E-state index contributed by atoms with van der Waals surface area (Å²) in [5, 5.41) is 2.84. The van der Waals surface area contributed by atoms with Crippen LogP contribution < -0.4 is 5.32 Å². The molecule has 1 rings (SSSR count). The quantitative estimate of drug-likeness (QED) is 0.843. The number of nitrogens with zero attached hydrogens (tertiary/aromatic N) is 1. The Labute approximate surface area is 120 Å². The molecule has 1 aliphatic rings. The number of hydrogen-bond donors (Lipinski definition) is 1. The first-order valence-electron chi connectivity index (χ1n) is 6.79. The Morgan fingerprint density at radius 1 is 1.47 bits per heavy atom. The van der Waals surface area contributed by atoms with Gasteiger partial charge in [0.2, 0.25) is 11.8 Å². The number of piperazine rings is 1. The van der Waals surface area contributed by atoms with Crippen molar-refractivity contribution in [3.8, 4) is 0 Å². The van der Waals surface area contributed by atoms with Crippen LogP contribution in [0.1, 0.15) is 40.5 Å². The summed E-state index contributed by atoms with van der Waals surface area (Å²) in [4.78, 5) is 26.3. The second-order valence-corrected chi connectivity index (χ2v) is 5.68. The molecule has 0 spiro atoms. The lowest BCUT2D eigenvalue weighted by Gasteiger charge is -2.41. The molecule has 0 bridgehead atoms. The molecule has 0 saturated carbocycles. The van der Waals surface area contributed by atoms with E-state index in [0.29, 0.717) is 13.0 Å². The third-order valence-corrected chi connectivity index (χ3v) is 3.69. The van der Waals surface area contributed by atoms with E-state index in [4.69, 9.17) is 11.6 Å². The van der Waals surface area contributed by atoms with Crippen LogP contribution in [0.4, 0.5) is 0 Å². The average molecular weight is 287 g/mol. The topological polar surface area (TPSA) is 49.4 Å². The predicted octanol–water partition coefficient (Wildman–Crippen LogP) is 2.28. The van der Waals surface area contributed by atoms with Gasteiger partial charge >= 0.3 is 0 Å². The van der Waals surface area contributed by atoms with Gasteiger partial charge < -0.3 is 10.2 Å². The summed E-state index contributed by atoms with van der Waals surface area (Å²) in [5.74, 6) is 0.0168. The lowest BCUT2D eigenvalue weighted by atomic mass is 9.95. The van der Waals surface area contributed by atoms with E-state index in [0.717, 1.165) is 12.0 Å². The second kappa shape index (κ2) is 6.94. The normalized spacial score (nSPS) is 24.9. The van der Waals surface area contributed by atoms with Crippen LogP contribution in [0.2, 0.25) is 0 Å². The molecular weight excluding hydrogens is 264 g/mol. The zero-order chi connectivity index (χ0) is 14.6. The lowest BCUT2D eigenvalue weighted by molar-refractivity contribution is -0.150. The average Bonchev–Trinajstić information content (AvgIpc) is 2.34. The van der Waals surface area contributed by atoms with Crippen molar-refractivity contribution in [2.45, 2.75) is 52.6 Å². The minimum absolute atomic E-state index is 0.00184. The fourth-order valence-corrected chi connectivity index (χ4v) is 2.49. The van der Waals surface area contributed by atoms with Gasteiger partial charge in [0.25, 0.3) is 0 Å². The zero-order valence-electron chi connectivity index (χ0n) is 12.1. The molecule has 1 N–H and O–H groups in total. The van der Waals surface area contributed by atoms with Crippen LogP contribution in [0, 0.1) is 5.92 Å². The highest BCUT2D eigenvalue weighted by atomic mass is 35.5. The molecule has 0 radical (unpaired) electrons. The standard InChI is InChI=1S/C14H23ClN2O2/c1-5-6-11-14(19)17(8-10(4)7-15)12(9(2)3)13(18)16-11/h7,9,11-12H,5-6,8H2,1-4H3,(H,16,18). The molecule has 2 atom stereocenters. The summed E-state index contributed by atoms with van der Waals surface area (Å²) in [6.07, 6.45) is 1.54. The maximum Gasteiger partial charge on any atom is 0.246 e. The molecule has 2 amide bonds. The number of hydrogen-bond acceptors (Lipinski definition) is 2. The molecule has 1 saturated heterocycles. The summed E-state index contributed by atoms with van der Waals surface area (Å²) < 4.78 is 0. The van der Waals surface area contributed by atoms with Crippen LogP contribution in [-0.4, -0.2) is 35.3 Å². The Balaban J connectivity index is 2.99. The van der Waals surface area contributed by atoms with E-state index in [2.05, 4.69) is 5.32 Å². The number of carbonyl (C=O) groups excluding carboxylic acids is 2. The number of halogens is 1. The van der Waals surface area contributed by atoms with Gasteiger partial charge in [0, 0.05) is 12.1 Å². The predicted molar refractivity (Wildman–Crippen MR) is 76.8 cm³/mol. The first-order chi connectivity index (χ1) is 8.92. The number of amides is 2. The smallest absolute Gasteiger partial charge is 0.246 e. The maximum absolute atomic E-state index is 12.5. The van der Waals surface area contributed by atoms with Crippen molar-refractivity contribution < 1.29 is 9.59 Å². The molecule has 0 aromatic carbocycles. The van der Waals surface area contributed by atoms with E-state index in [1.807, 2.05) is 27.7 Å². The van der Waals surface area contributed by atoms with Crippen LogP contribution in [-0.2, 0) is 9.59 Å². The number of carbonyl (C=O) groups is 2. The molecule has 19 heavy (non-hydrogen) atoms. The Morgan fingerprint density at radius 2 is 2.11 bits per heavy atom. The molecule has 0 aromatic rings. The molecular formula is C14H23ClN2O2. The second-order valence-electron chi connectivity index (χ2n) is 5.46. The lowest BCUT2D eigenvalue weighted by Crippen LogP contribution is -2.64. The van der Waals surface area contributed by atoms with Gasteiger partial charge in [-0.15, -0.1) is 0 Å². The van der Waals surface area contributed by atoms with Gasteiger partial charge in [-0.1, -0.05) is 38.8 Å². The molecule has 1 aliphatic heterocycles. The van der Waals surface area contributed by atoms with Crippen molar-refractivity contribution in [2.24, 2.45) is 5.92 Å². The van der Waals surface area contributed by atoms with Crippen LogP contribution in [0.25, 0.3) is 0 Å². The van der Waals surface area contributed by atoms with Gasteiger partial charge in [0.05, 0.1) is 0 Å². The van der Waals surface area contributed by atoms with Gasteiger partial charge in [-0.05, 0) is 24.8 Å². The van der Waals surface area contributed by atoms with Gasteiger partial charge in [0.15, 0.2) is 0 Å². The van der Waals surface area contributed by atoms with Crippen molar-refractivity contribution in [1.82, 2.24) is 10.2 Å². The minimum Gasteiger partial charge on any atom is -0.342 e. The van der Waals surface area contributed by atoms with Crippen molar-refractivity contribution in [3.63, 3.8) is 0 Å². The SMILES string of the molecule is CCCC1NC(=O)C(C(C)C)N(CC(C)=CCl)C1=O. The Hall–Kier alpha value is -1.03. The van der Waals surface area contributed by atoms with E-state index in [1.54, 1.807) is 4.90 Å². The zero-order valence-corrected chi connectivity index (χ0v) is 12.8. The molecule has 5 heteroatoms. The first kappa shape index (κ1) is 16.0. The molecule has 0 aliphatic carbocycles. The summed E-state index contributed by atoms with van der Waals surface area (Å²) in [6, 6.07) is -0.803. The van der Waals surface area contributed by atoms with Gasteiger partial charge in [0.1, 0.15) is 12.1 Å². The third-order valence-electron chi connectivity index (χ3n) is 3.32. The summed E-state index contributed by atoms with van der Waals surface area (Å²) in [6.45, 7) is 8.18. The van der Waals surface area contributed by atoms with E-state index in [9.17, 15) is 9.59 Å². The van der Waals surface area contributed by atoms with Gasteiger partial charge in [-0.2, -0.15) is 0 Å². The maximum atomic E-state index is 12.5. The van der Waals surface area contributed by atoms with E-state index < -0.39 is 12.1 Å². The molecule has 0 aromatic heterocycles. The van der Waals surface area contributed by atoms with E-state index in [-0.39, 0.29) is 17.7 Å². The Kier molecular flexibility index (Phi) is 5.85. The van der Waals surface area contributed by atoms with Crippen molar-refractivity contribution >= 4 is 23.4 Å². The highest BCUT2D eigenvalue weighted by Crippen LogP contribution is 2.20. The fraction of sp³-hybridized carbons (Fsp3) is 0.714. The van der Waals surface area contributed by atoms with Crippen molar-refractivity contribution in [2.75, 3.05) is 6.54 Å². The minimum atomic E-state index is -0.410.